The highest BCUT2D eigenvalue weighted by Crippen LogP contribution is 2.42. The van der Waals surface area contributed by atoms with Crippen molar-refractivity contribution in [2.45, 2.75) is 76.6 Å². The van der Waals surface area contributed by atoms with Crippen molar-refractivity contribution in [2.24, 2.45) is 0 Å². The summed E-state index contributed by atoms with van der Waals surface area (Å²) < 4.78 is 37.3. The predicted molar refractivity (Wildman–Crippen MR) is 101 cm³/mol. The Kier molecular flexibility index (Phi) is 5.09. The third kappa shape index (κ3) is 3.80. The Bertz CT molecular complexity index is 663. The van der Waals surface area contributed by atoms with E-state index in [0.717, 1.165) is 5.56 Å². The third-order valence-corrected chi connectivity index (χ3v) is 5.87. The van der Waals surface area contributed by atoms with E-state index in [9.17, 15) is 0 Å². The molecule has 7 heteroatoms. The summed E-state index contributed by atoms with van der Waals surface area (Å²) in [5.74, 6) is -1.30. The van der Waals surface area contributed by atoms with Crippen molar-refractivity contribution in [3.05, 3.63) is 33.4 Å². The van der Waals surface area contributed by atoms with Crippen molar-refractivity contribution in [2.75, 3.05) is 6.61 Å². The normalized spacial score (nSPS) is 37.8. The molecule has 5 atom stereocenters. The number of halogens is 1. The van der Waals surface area contributed by atoms with Crippen LogP contribution in [-0.4, -0.2) is 48.9 Å². The Morgan fingerprint density at radius 1 is 1.04 bits per heavy atom. The lowest BCUT2D eigenvalue weighted by atomic mass is 10.1. The molecule has 4 rings (SSSR count). The Balaban J connectivity index is 1.51. The minimum absolute atomic E-state index is 0.217. The fraction of sp³-hybridized carbons (Fsp3) is 0.684. The molecule has 3 aliphatic heterocycles. The van der Waals surface area contributed by atoms with Gasteiger partial charge in [0.05, 0.1) is 13.2 Å². The first kappa shape index (κ1) is 19.0. The predicted octanol–water partition coefficient (Wildman–Crippen LogP) is 3.20. The summed E-state index contributed by atoms with van der Waals surface area (Å²) in [6, 6.07) is 8.17. The second-order valence-corrected chi connectivity index (χ2v) is 8.97. The Morgan fingerprint density at radius 3 is 2.50 bits per heavy atom. The zero-order valence-electron chi connectivity index (χ0n) is 15.4. The number of hydrogen-bond acceptors (Lipinski definition) is 6. The van der Waals surface area contributed by atoms with E-state index in [-0.39, 0.29) is 24.4 Å². The number of benzene rings is 1. The van der Waals surface area contributed by atoms with Crippen molar-refractivity contribution >= 4 is 22.6 Å². The summed E-state index contributed by atoms with van der Waals surface area (Å²) in [7, 11) is 0. The van der Waals surface area contributed by atoms with Gasteiger partial charge in [-0.15, -0.1) is 0 Å². The molecule has 3 heterocycles. The largest absolute Gasteiger partial charge is 0.368 e. The molecule has 1 aromatic rings. The quantitative estimate of drug-likeness (QED) is 0.623. The second kappa shape index (κ2) is 6.95. The average molecular weight is 476 g/mol. The first-order valence-electron chi connectivity index (χ1n) is 8.92. The zero-order valence-corrected chi connectivity index (χ0v) is 17.6. The summed E-state index contributed by atoms with van der Waals surface area (Å²) in [4.78, 5) is 0. The molecule has 0 bridgehead atoms. The molecule has 1 aromatic carbocycles. The maximum Gasteiger partial charge on any atom is 0.190 e. The maximum atomic E-state index is 6.30. The van der Waals surface area contributed by atoms with E-state index >= 15 is 0 Å². The fourth-order valence-electron chi connectivity index (χ4n) is 3.67. The highest BCUT2D eigenvalue weighted by molar-refractivity contribution is 14.1. The lowest BCUT2D eigenvalue weighted by Crippen LogP contribution is -2.44. The summed E-state index contributed by atoms with van der Waals surface area (Å²) in [5, 5.41) is 0. The van der Waals surface area contributed by atoms with Crippen LogP contribution in [0.15, 0.2) is 24.3 Å². The SMILES string of the molecule is CC1(C)O[C@H]2O[C@H]([C@H]3COC(C)(C)O3)[C@H](OCc3ccccc3I)[C@H]2O1. The van der Waals surface area contributed by atoms with Crippen molar-refractivity contribution < 1.29 is 28.4 Å². The maximum absolute atomic E-state index is 6.30. The van der Waals surface area contributed by atoms with Gasteiger partial charge >= 0.3 is 0 Å². The lowest BCUT2D eigenvalue weighted by Gasteiger charge is -2.29. The summed E-state index contributed by atoms with van der Waals surface area (Å²) >= 11 is 2.32. The van der Waals surface area contributed by atoms with Crippen LogP contribution in [-0.2, 0) is 35.0 Å². The van der Waals surface area contributed by atoms with Crippen molar-refractivity contribution in [1.29, 1.82) is 0 Å². The molecule has 0 unspecified atom stereocenters. The molecule has 26 heavy (non-hydrogen) atoms. The van der Waals surface area contributed by atoms with Gasteiger partial charge < -0.3 is 28.4 Å². The standard InChI is InChI=1S/C19H25IO6/c1-18(2)22-10-13(24-18)14-15(16-17(23-14)26-19(3,4)25-16)21-9-11-7-5-6-8-12(11)20/h5-8,13-17H,9-10H2,1-4H3/t13-,14-,15+,16-,17-/m1/s1. The molecular formula is C19H25IO6. The number of fused-ring (bicyclic) bond motifs is 1. The van der Waals surface area contributed by atoms with Crippen LogP contribution < -0.4 is 0 Å². The molecule has 0 spiro atoms. The Morgan fingerprint density at radius 2 is 1.81 bits per heavy atom. The van der Waals surface area contributed by atoms with Gasteiger partial charge in [-0.05, 0) is 61.9 Å². The number of hydrogen-bond donors (Lipinski definition) is 0. The van der Waals surface area contributed by atoms with E-state index < -0.39 is 17.9 Å². The van der Waals surface area contributed by atoms with Gasteiger partial charge in [-0.1, -0.05) is 18.2 Å². The monoisotopic (exact) mass is 476 g/mol. The number of ether oxygens (including phenoxy) is 6. The molecule has 144 valence electrons. The highest BCUT2D eigenvalue weighted by Gasteiger charge is 2.58. The zero-order chi connectivity index (χ0) is 18.5. The van der Waals surface area contributed by atoms with Crippen LogP contribution in [0.4, 0.5) is 0 Å². The van der Waals surface area contributed by atoms with Crippen LogP contribution in [0.25, 0.3) is 0 Å². The molecule has 0 amide bonds. The molecule has 6 nitrogen and oxygen atoms in total. The first-order chi connectivity index (χ1) is 12.2. The number of rotatable bonds is 4. The van der Waals surface area contributed by atoms with Gasteiger partial charge in [0.1, 0.15) is 24.4 Å². The van der Waals surface area contributed by atoms with Crippen molar-refractivity contribution in [1.82, 2.24) is 0 Å². The van der Waals surface area contributed by atoms with Gasteiger partial charge in [-0.2, -0.15) is 0 Å². The highest BCUT2D eigenvalue weighted by atomic mass is 127. The van der Waals surface area contributed by atoms with Crippen molar-refractivity contribution in [3.8, 4) is 0 Å². The molecule has 0 N–H and O–H groups in total. The van der Waals surface area contributed by atoms with Gasteiger partial charge in [0.15, 0.2) is 17.9 Å². The van der Waals surface area contributed by atoms with Crippen LogP contribution in [0.5, 0.6) is 0 Å². The van der Waals surface area contributed by atoms with Crippen LogP contribution in [0.1, 0.15) is 33.3 Å². The van der Waals surface area contributed by atoms with E-state index in [0.29, 0.717) is 13.2 Å². The van der Waals surface area contributed by atoms with E-state index in [2.05, 4.69) is 34.7 Å². The summed E-state index contributed by atoms with van der Waals surface area (Å²) in [6.07, 6.45) is -1.55. The van der Waals surface area contributed by atoms with Gasteiger partial charge in [-0.25, -0.2) is 0 Å². The molecule has 0 radical (unpaired) electrons. The smallest absolute Gasteiger partial charge is 0.190 e. The Hall–Kier alpha value is -0.290. The van der Waals surface area contributed by atoms with Gasteiger partial charge in [-0.3, -0.25) is 0 Å². The van der Waals surface area contributed by atoms with E-state index in [4.69, 9.17) is 28.4 Å². The van der Waals surface area contributed by atoms with E-state index in [1.54, 1.807) is 0 Å². The van der Waals surface area contributed by atoms with Crippen LogP contribution >= 0.6 is 22.6 Å². The van der Waals surface area contributed by atoms with Crippen LogP contribution in [0, 0.1) is 3.57 Å². The molecule has 0 saturated carbocycles. The van der Waals surface area contributed by atoms with Gasteiger partial charge in [0.2, 0.25) is 0 Å². The summed E-state index contributed by atoms with van der Waals surface area (Å²) in [5.41, 5.74) is 1.14. The first-order valence-corrected chi connectivity index (χ1v) is 10.00. The lowest BCUT2D eigenvalue weighted by molar-refractivity contribution is -0.236. The second-order valence-electron chi connectivity index (χ2n) is 7.80. The third-order valence-electron chi connectivity index (χ3n) is 4.81. The topological polar surface area (TPSA) is 55.4 Å². The molecule has 3 fully saturated rings. The van der Waals surface area contributed by atoms with E-state index in [1.165, 1.54) is 3.57 Å². The molecule has 0 aliphatic carbocycles. The van der Waals surface area contributed by atoms with Crippen LogP contribution in [0.2, 0.25) is 0 Å². The van der Waals surface area contributed by atoms with Gasteiger partial charge in [0.25, 0.3) is 0 Å². The minimum Gasteiger partial charge on any atom is -0.368 e. The Labute approximate surface area is 167 Å². The summed E-state index contributed by atoms with van der Waals surface area (Å²) in [6.45, 7) is 8.53. The molecular weight excluding hydrogens is 451 g/mol. The molecule has 3 aliphatic rings. The fourth-order valence-corrected chi connectivity index (χ4v) is 4.21. The van der Waals surface area contributed by atoms with Crippen molar-refractivity contribution in [3.63, 3.8) is 0 Å². The van der Waals surface area contributed by atoms with E-state index in [1.807, 2.05) is 39.8 Å². The van der Waals surface area contributed by atoms with Gasteiger partial charge in [0, 0.05) is 3.57 Å². The van der Waals surface area contributed by atoms with Crippen LogP contribution in [0.3, 0.4) is 0 Å². The average Bonchev–Trinajstić information content (AvgIpc) is 3.16. The minimum atomic E-state index is -0.685. The molecule has 0 aromatic heterocycles. The molecule has 3 saturated heterocycles.